The summed E-state index contributed by atoms with van der Waals surface area (Å²) < 4.78 is 25.6. The summed E-state index contributed by atoms with van der Waals surface area (Å²) in [7, 11) is -2.02. The number of carbonyl (C=O) groups excluding carboxylic acids is 6. The van der Waals surface area contributed by atoms with Crippen LogP contribution in [0.5, 0.6) is 5.75 Å². The molecule has 0 amide bonds. The molecule has 11 nitrogen and oxygen atoms in total. The van der Waals surface area contributed by atoms with Crippen molar-refractivity contribution in [2.24, 2.45) is 82.3 Å². The second kappa shape index (κ2) is 77.1. The molecule has 13 heteroatoms. The molecule has 0 N–H and O–H groups in total. The predicted octanol–water partition coefficient (Wildman–Crippen LogP) is 38.0. The van der Waals surface area contributed by atoms with Crippen LogP contribution in [-0.4, -0.2) is 70.6 Å². The minimum atomic E-state index is -1.04. The van der Waals surface area contributed by atoms with E-state index in [-0.39, 0.29) is 88.3 Å². The van der Waals surface area contributed by atoms with E-state index in [9.17, 15) is 28.8 Å². The number of ether oxygens (including phenoxy) is 5. The second-order valence-electron chi connectivity index (χ2n) is 47.4. The third-order valence-corrected chi connectivity index (χ3v) is 32.1. The highest BCUT2D eigenvalue weighted by atomic mass is 28.3. The summed E-state index contributed by atoms with van der Waals surface area (Å²) in [5.74, 6) is 5.42. The SMILES string of the molecule is C=CCCC(C)C.C=CCOC(=O)C(C)C.CC(=O)C(C)C.CC(C)C.CC(C)C(=O)OC(C)(C)C.CC(C)C(=O)OC1c2ccccc2-c2ccccc21.CC(C)C(=O)OCC[Si](C)(C)C.CC(C)C(=O)Oc1ccccc1.CC(C)C(C)(C)C.CC(C)C(c1ccccc1)(c1ccccc1)c1ccccc1.CC(C)Cc1ccccc1.CC(C)[Si](C)(C)C(C)(C)C.CCC(C)C.Cc1ccc(CC(C)C)cc1. The summed E-state index contributed by atoms with van der Waals surface area (Å²) in [5.41, 5.74) is 13.7. The molecule has 0 atom stereocenters. The minimum Gasteiger partial charge on any atom is -0.466 e. The number of fused-ring (bicyclic) bond motifs is 3. The van der Waals surface area contributed by atoms with Crippen molar-refractivity contribution in [3.63, 3.8) is 0 Å². The van der Waals surface area contributed by atoms with Crippen molar-refractivity contribution in [2.45, 2.75) is 382 Å². The van der Waals surface area contributed by atoms with Crippen LogP contribution in [0.1, 0.15) is 347 Å². The minimum absolute atomic E-state index is 0.00614. The third kappa shape index (κ3) is 69.7. The first kappa shape index (κ1) is 143. The number of hydrogen-bond donors (Lipinski definition) is 0. The molecule has 8 aromatic rings. The van der Waals surface area contributed by atoms with Gasteiger partial charge in [-0.05, 0) is 169 Å². The standard InChI is InChI=1S/C22H22.C17H16O2.C11H16.C10H12O2.C10H14.C9H20O2Si.C9H22Si.C8H16O2.C7H12O2.C7H16.C7H14.C5H10O.C5H12.C4H10/c1-18(2)22(19-12-6-3-7-13-19,20-14-8-4-9-15-20)21-16-10-5-11-17-21;1-11(2)17(18)19-16-14-9-5-3-7-12(14)13-8-4-6-10-15(13)16;1-9(2)8-11-6-4-10(3)5-7-11;1-8(2)10(11)12-9-6-4-3-5-7-9;1-9(2)8-10-6-4-3-5-7-10;1-8(2)9(10)11-6-7-12(3,4)5;1-8(2)10(6,7)9(3,4)5;1-6(2)7(9)10-8(3,4)5;1-4-5-9-7(8)6(2)3;1-6(2)7(3,4)5;1-4-5-6-7(2)3;1-4(2)5(3)6;1-4-5(2)3;1-4(2)3/h3-18H,1-2H3;3-11,16H,1-2H3;4-7,9H,8H2,1-3H3;3-8H,1-2H3;3-7,9H,8H2,1-2H3;8H,6-7H2,1-5H3;8H,1-7H3;6H,1-5H3;4,6H,1,5H2,2-3H3;6H,1-5H3;4,7H,1,5-6H2,2-3H3;4H,1-3H3;5H,4H2,1-3H3;4H,1-3H3. The fourth-order valence-electron chi connectivity index (χ4n) is 11.8. The van der Waals surface area contributed by atoms with Gasteiger partial charge in [0.2, 0.25) is 0 Å². The number of allylic oxidation sites excluding steroid dienone is 1. The Labute approximate surface area is 887 Å². The number of aryl methyl sites for hydroxylation is 1. The van der Waals surface area contributed by atoms with Crippen LogP contribution in [-0.2, 0) is 66.0 Å². The maximum atomic E-state index is 11.9. The molecular weight excluding hydrogens is 1810 g/mol. The summed E-state index contributed by atoms with van der Waals surface area (Å²) in [4.78, 5) is 65.7. The van der Waals surface area contributed by atoms with Crippen molar-refractivity contribution in [3.05, 3.63) is 294 Å². The first-order valence-electron chi connectivity index (χ1n) is 53.7. The Bertz CT molecular complexity index is 4460. The molecule has 0 heterocycles. The van der Waals surface area contributed by atoms with Crippen molar-refractivity contribution in [1.29, 1.82) is 0 Å². The third-order valence-electron chi connectivity index (χ3n) is 23.7. The lowest BCUT2D eigenvalue weighted by Gasteiger charge is -2.40. The Balaban J connectivity index is -0.000000493. The number of ketones is 1. The Morgan fingerprint density at radius 2 is 0.701 bits per heavy atom. The van der Waals surface area contributed by atoms with Gasteiger partial charge in [0.25, 0.3) is 0 Å². The van der Waals surface area contributed by atoms with Crippen LogP contribution in [0.3, 0.4) is 0 Å². The van der Waals surface area contributed by atoms with Gasteiger partial charge in [-0.25, -0.2) is 0 Å². The van der Waals surface area contributed by atoms with E-state index in [1.807, 2.05) is 151 Å². The summed E-state index contributed by atoms with van der Waals surface area (Å²) in [6.45, 7) is 106. The van der Waals surface area contributed by atoms with Gasteiger partial charge in [-0.2, -0.15) is 0 Å². The number of Topliss-reactive ketones (excluding diaryl/α,β-unsaturated/α-hetero) is 1. The molecule has 0 unspecified atom stereocenters. The van der Waals surface area contributed by atoms with Crippen molar-refractivity contribution in [3.8, 4) is 16.9 Å². The predicted molar refractivity (Wildman–Crippen MR) is 633 cm³/mol. The summed E-state index contributed by atoms with van der Waals surface area (Å²) in [6, 6.07) is 78.4. The van der Waals surface area contributed by atoms with Gasteiger partial charge in [0.15, 0.2) is 6.10 Å². The Morgan fingerprint density at radius 1 is 0.382 bits per heavy atom. The van der Waals surface area contributed by atoms with Crippen molar-refractivity contribution in [1.82, 2.24) is 0 Å². The van der Waals surface area contributed by atoms with Crippen molar-refractivity contribution < 1.29 is 52.5 Å². The fourth-order valence-corrected chi connectivity index (χ4v) is 14.2. The van der Waals surface area contributed by atoms with Crippen molar-refractivity contribution >= 4 is 51.8 Å². The van der Waals surface area contributed by atoms with Gasteiger partial charge in [0, 0.05) is 30.5 Å². The zero-order valence-electron chi connectivity index (χ0n) is 100. The molecule has 1 aliphatic carbocycles. The second-order valence-corrected chi connectivity index (χ2v) is 59.1. The first-order valence-corrected chi connectivity index (χ1v) is 60.5. The molecule has 810 valence electrons. The molecule has 0 saturated carbocycles. The smallest absolute Gasteiger partial charge is 0.313 e. The molecule has 0 saturated heterocycles. The lowest BCUT2D eigenvalue weighted by atomic mass is 9.63. The van der Waals surface area contributed by atoms with Crippen LogP contribution in [0.4, 0.5) is 0 Å². The first-order chi connectivity index (χ1) is 66.5. The highest BCUT2D eigenvalue weighted by Crippen LogP contribution is 2.47. The molecule has 0 fully saturated rings. The average molecular weight is 2020 g/mol. The van der Waals surface area contributed by atoms with Gasteiger partial charge in [0.1, 0.15) is 23.7 Å². The number of hydrogen-bond acceptors (Lipinski definition) is 11. The molecular formula is C131H212O11Si2. The molecule has 8 aromatic carbocycles. The molecule has 0 aliphatic heterocycles. The van der Waals surface area contributed by atoms with Gasteiger partial charge in [-0.15, -0.1) is 6.58 Å². The Morgan fingerprint density at radius 3 is 0.951 bits per heavy atom. The number of carbonyl (C=O) groups is 6. The van der Waals surface area contributed by atoms with Crippen molar-refractivity contribution in [2.75, 3.05) is 13.2 Å². The van der Waals surface area contributed by atoms with E-state index < -0.39 is 16.1 Å². The van der Waals surface area contributed by atoms with E-state index in [1.54, 1.807) is 39.0 Å². The highest BCUT2D eigenvalue weighted by Gasteiger charge is 2.40. The van der Waals surface area contributed by atoms with E-state index in [0.717, 1.165) is 64.6 Å². The number of para-hydroxylation sites is 1. The van der Waals surface area contributed by atoms with E-state index in [1.165, 1.54) is 70.2 Å². The van der Waals surface area contributed by atoms with E-state index in [0.29, 0.717) is 35.3 Å². The maximum Gasteiger partial charge on any atom is 0.313 e. The normalized spacial score (nSPS) is 11.3. The summed E-state index contributed by atoms with van der Waals surface area (Å²) in [5, 5.41) is 0.557. The molecule has 0 radical (unpaired) electrons. The Hall–Kier alpha value is -9.31. The van der Waals surface area contributed by atoms with Crippen LogP contribution in [0.2, 0.25) is 49.4 Å². The zero-order valence-corrected chi connectivity index (χ0v) is 102. The molecule has 0 aromatic heterocycles. The van der Waals surface area contributed by atoms with E-state index in [4.69, 9.17) is 23.7 Å². The Kier molecular flexibility index (Phi) is 76.7. The maximum absolute atomic E-state index is 11.9. The molecule has 0 bridgehead atoms. The van der Waals surface area contributed by atoms with Gasteiger partial charge in [-0.1, -0.05) is 531 Å². The molecule has 0 spiro atoms. The van der Waals surface area contributed by atoms with Crippen LogP contribution in [0, 0.1) is 89.3 Å². The van der Waals surface area contributed by atoms with Crippen LogP contribution >= 0.6 is 0 Å². The quantitative estimate of drug-likeness (QED) is 0.0127. The van der Waals surface area contributed by atoms with E-state index in [2.05, 4.69) is 377 Å². The monoisotopic (exact) mass is 2020 g/mol. The highest BCUT2D eigenvalue weighted by molar-refractivity contribution is 6.81. The van der Waals surface area contributed by atoms with Gasteiger partial charge in [0.05, 0.1) is 44.3 Å². The fraction of sp³-hybridized carbons (Fsp3) is 0.557. The number of rotatable bonds is 26. The lowest BCUT2D eigenvalue weighted by Crippen LogP contribution is -2.39. The van der Waals surface area contributed by atoms with Crippen LogP contribution < -0.4 is 4.74 Å². The number of esters is 5. The summed E-state index contributed by atoms with van der Waals surface area (Å²) in [6.07, 6.45) is 9.41. The number of benzene rings is 8. The lowest BCUT2D eigenvalue weighted by molar-refractivity contribution is -0.158. The van der Waals surface area contributed by atoms with Gasteiger partial charge < -0.3 is 23.7 Å². The average Bonchev–Trinajstić information content (AvgIpc) is 1.45. The molecule has 1 aliphatic rings. The van der Waals surface area contributed by atoms with Crippen LogP contribution in [0.25, 0.3) is 11.1 Å². The molecule has 144 heavy (non-hydrogen) atoms. The molecule has 9 rings (SSSR count). The van der Waals surface area contributed by atoms with Gasteiger partial charge >= 0.3 is 29.8 Å². The topological polar surface area (TPSA) is 149 Å². The van der Waals surface area contributed by atoms with Crippen LogP contribution in [0.15, 0.2) is 250 Å². The summed E-state index contributed by atoms with van der Waals surface area (Å²) >= 11 is 0. The zero-order chi connectivity index (χ0) is 112. The van der Waals surface area contributed by atoms with Gasteiger partial charge in [-0.3, -0.25) is 28.8 Å². The van der Waals surface area contributed by atoms with E-state index >= 15 is 0 Å². The largest absolute Gasteiger partial charge is 0.466 e.